The van der Waals surface area contributed by atoms with E-state index in [9.17, 15) is 9.18 Å². The summed E-state index contributed by atoms with van der Waals surface area (Å²) < 4.78 is 17.6. The van der Waals surface area contributed by atoms with Crippen LogP contribution in [0.3, 0.4) is 0 Å². The molecule has 0 saturated carbocycles. The number of carbonyl (C=O) groups excluding carboxylic acids is 1. The summed E-state index contributed by atoms with van der Waals surface area (Å²) in [6.45, 7) is 0. The van der Waals surface area contributed by atoms with Gasteiger partial charge < -0.3 is 4.74 Å². The molecule has 0 saturated heterocycles. The Morgan fingerprint density at radius 2 is 2.25 bits per heavy atom. The van der Waals surface area contributed by atoms with Crippen LogP contribution in [0, 0.1) is 5.82 Å². The molecule has 0 atom stereocenters. The van der Waals surface area contributed by atoms with Gasteiger partial charge in [-0.05, 0) is 12.1 Å². The smallest absolute Gasteiger partial charge is 0.156 e. The van der Waals surface area contributed by atoms with Crippen LogP contribution in [0.25, 0.3) is 0 Å². The summed E-state index contributed by atoms with van der Waals surface area (Å²) in [5.41, 5.74) is -0.148. The fourth-order valence-electron chi connectivity index (χ4n) is 0.866. The summed E-state index contributed by atoms with van der Waals surface area (Å²) >= 11 is 5.63. The largest absolute Gasteiger partial charge is 0.494 e. The van der Waals surface area contributed by atoms with Gasteiger partial charge in [0.15, 0.2) is 12.0 Å². The van der Waals surface area contributed by atoms with Gasteiger partial charge in [0.2, 0.25) is 0 Å². The van der Waals surface area contributed by atoms with E-state index in [2.05, 4.69) is 0 Å². The molecule has 0 aromatic heterocycles. The van der Waals surface area contributed by atoms with Crippen LogP contribution in [-0.2, 0) is 0 Å². The number of aldehydes is 1. The van der Waals surface area contributed by atoms with Crippen molar-refractivity contribution in [2.45, 2.75) is 0 Å². The number of ether oxygens (including phenoxy) is 1. The van der Waals surface area contributed by atoms with E-state index in [-0.39, 0.29) is 16.3 Å². The Labute approximate surface area is 73.9 Å². The molecular formula is C8H6ClFO2. The lowest BCUT2D eigenvalue weighted by molar-refractivity contribution is 0.111. The van der Waals surface area contributed by atoms with Crippen molar-refractivity contribution < 1.29 is 13.9 Å². The monoisotopic (exact) mass is 188 g/mol. The summed E-state index contributed by atoms with van der Waals surface area (Å²) in [5, 5.41) is 0.223. The molecule has 1 aromatic carbocycles. The van der Waals surface area contributed by atoms with Gasteiger partial charge in [0.1, 0.15) is 5.82 Å². The highest BCUT2D eigenvalue weighted by Gasteiger charge is 2.11. The topological polar surface area (TPSA) is 26.3 Å². The van der Waals surface area contributed by atoms with Crippen LogP contribution in [-0.4, -0.2) is 13.4 Å². The molecule has 1 rings (SSSR count). The zero-order chi connectivity index (χ0) is 9.14. The van der Waals surface area contributed by atoms with Crippen LogP contribution in [0.15, 0.2) is 12.1 Å². The highest BCUT2D eigenvalue weighted by atomic mass is 35.5. The third-order valence-electron chi connectivity index (χ3n) is 1.42. The van der Waals surface area contributed by atoms with E-state index in [4.69, 9.17) is 16.3 Å². The van der Waals surface area contributed by atoms with E-state index in [1.54, 1.807) is 0 Å². The Morgan fingerprint density at radius 3 is 2.67 bits per heavy atom. The third kappa shape index (κ3) is 1.41. The van der Waals surface area contributed by atoms with Crippen molar-refractivity contribution in [3.8, 4) is 5.75 Å². The van der Waals surface area contributed by atoms with Gasteiger partial charge in [0.05, 0.1) is 17.7 Å². The van der Waals surface area contributed by atoms with Gasteiger partial charge in [-0.2, -0.15) is 0 Å². The molecule has 0 unspecified atom stereocenters. The predicted molar refractivity (Wildman–Crippen MR) is 43.3 cm³/mol. The van der Waals surface area contributed by atoms with E-state index in [1.165, 1.54) is 13.2 Å². The second-order valence-electron chi connectivity index (χ2n) is 2.09. The SMILES string of the molecule is COc1c(Cl)ccc(F)c1C=O. The predicted octanol–water partition coefficient (Wildman–Crippen LogP) is 2.30. The van der Waals surface area contributed by atoms with Crippen molar-refractivity contribution in [2.24, 2.45) is 0 Å². The summed E-state index contributed by atoms with van der Waals surface area (Å²) in [6, 6.07) is 2.46. The minimum atomic E-state index is -0.633. The highest BCUT2D eigenvalue weighted by molar-refractivity contribution is 6.32. The number of carbonyl (C=O) groups is 1. The first-order valence-electron chi connectivity index (χ1n) is 3.18. The maximum atomic E-state index is 12.8. The molecule has 64 valence electrons. The number of rotatable bonds is 2. The van der Waals surface area contributed by atoms with Gasteiger partial charge in [-0.25, -0.2) is 4.39 Å². The molecule has 12 heavy (non-hydrogen) atoms. The molecule has 0 amide bonds. The zero-order valence-corrected chi connectivity index (χ0v) is 7.06. The van der Waals surface area contributed by atoms with Crippen molar-refractivity contribution in [1.29, 1.82) is 0 Å². The molecule has 0 spiro atoms. The molecule has 0 heterocycles. The molecule has 0 N–H and O–H groups in total. The van der Waals surface area contributed by atoms with Crippen LogP contribution < -0.4 is 4.74 Å². The van der Waals surface area contributed by atoms with Crippen molar-refractivity contribution in [3.05, 3.63) is 28.5 Å². The number of halogens is 2. The summed E-state index contributed by atoms with van der Waals surface area (Å²) in [6.07, 6.45) is 0.375. The van der Waals surface area contributed by atoms with Gasteiger partial charge in [-0.1, -0.05) is 11.6 Å². The van der Waals surface area contributed by atoms with Crippen LogP contribution in [0.2, 0.25) is 5.02 Å². The first-order valence-corrected chi connectivity index (χ1v) is 3.55. The molecule has 0 radical (unpaired) electrons. The summed E-state index contributed by atoms with van der Waals surface area (Å²) in [7, 11) is 1.33. The minimum Gasteiger partial charge on any atom is -0.494 e. The fourth-order valence-corrected chi connectivity index (χ4v) is 1.11. The lowest BCUT2D eigenvalue weighted by Gasteiger charge is -2.05. The van der Waals surface area contributed by atoms with E-state index in [0.29, 0.717) is 6.29 Å². The van der Waals surface area contributed by atoms with E-state index < -0.39 is 5.82 Å². The molecular weight excluding hydrogens is 183 g/mol. The number of benzene rings is 1. The molecule has 0 bridgehead atoms. The maximum Gasteiger partial charge on any atom is 0.156 e. The van der Waals surface area contributed by atoms with E-state index in [0.717, 1.165) is 6.07 Å². The molecule has 4 heteroatoms. The summed E-state index contributed by atoms with van der Waals surface area (Å²) in [5.74, 6) is -0.557. The number of hydrogen-bond acceptors (Lipinski definition) is 2. The second-order valence-corrected chi connectivity index (χ2v) is 2.50. The van der Waals surface area contributed by atoms with Crippen LogP contribution in [0.5, 0.6) is 5.75 Å². The third-order valence-corrected chi connectivity index (χ3v) is 1.71. The lowest BCUT2D eigenvalue weighted by atomic mass is 10.2. The Kier molecular flexibility index (Phi) is 2.65. The first kappa shape index (κ1) is 9.00. The quantitative estimate of drug-likeness (QED) is 0.666. The van der Waals surface area contributed by atoms with Crippen molar-refractivity contribution >= 4 is 17.9 Å². The highest BCUT2D eigenvalue weighted by Crippen LogP contribution is 2.28. The van der Waals surface area contributed by atoms with E-state index >= 15 is 0 Å². The molecule has 0 aliphatic carbocycles. The summed E-state index contributed by atoms with van der Waals surface area (Å²) in [4.78, 5) is 10.4. The molecule has 2 nitrogen and oxygen atoms in total. The van der Waals surface area contributed by atoms with Gasteiger partial charge in [-0.3, -0.25) is 4.79 Å². The van der Waals surface area contributed by atoms with Crippen molar-refractivity contribution in [1.82, 2.24) is 0 Å². The van der Waals surface area contributed by atoms with Crippen LogP contribution in [0.4, 0.5) is 4.39 Å². The van der Waals surface area contributed by atoms with Crippen molar-refractivity contribution in [2.75, 3.05) is 7.11 Å². The second kappa shape index (κ2) is 3.54. The average Bonchev–Trinajstić information content (AvgIpc) is 2.08. The molecule has 0 aliphatic rings. The average molecular weight is 189 g/mol. The molecule has 0 fully saturated rings. The Bertz CT molecular complexity index is 312. The van der Waals surface area contributed by atoms with Crippen molar-refractivity contribution in [3.63, 3.8) is 0 Å². The lowest BCUT2D eigenvalue weighted by Crippen LogP contribution is -1.94. The number of methoxy groups -OCH3 is 1. The van der Waals surface area contributed by atoms with Gasteiger partial charge in [-0.15, -0.1) is 0 Å². The molecule has 0 aliphatic heterocycles. The van der Waals surface area contributed by atoms with E-state index in [1.807, 2.05) is 0 Å². The van der Waals surface area contributed by atoms with Crippen LogP contribution in [0.1, 0.15) is 10.4 Å². The van der Waals surface area contributed by atoms with Gasteiger partial charge >= 0.3 is 0 Å². The Morgan fingerprint density at radius 1 is 1.58 bits per heavy atom. The minimum absolute atomic E-state index is 0.0756. The Hall–Kier alpha value is -1.09. The fraction of sp³-hybridized carbons (Fsp3) is 0.125. The van der Waals surface area contributed by atoms with Gasteiger partial charge in [0, 0.05) is 0 Å². The Balaban J connectivity index is 3.38. The first-order chi connectivity index (χ1) is 5.70. The van der Waals surface area contributed by atoms with Crippen LogP contribution >= 0.6 is 11.6 Å². The zero-order valence-electron chi connectivity index (χ0n) is 6.30. The number of hydrogen-bond donors (Lipinski definition) is 0. The normalized spacial score (nSPS) is 9.58. The maximum absolute atomic E-state index is 12.8. The molecule has 1 aromatic rings. The standard InChI is InChI=1S/C8H6ClFO2/c1-12-8-5(4-11)7(10)3-2-6(8)9/h2-4H,1H3. The van der Waals surface area contributed by atoms with Gasteiger partial charge in [0.25, 0.3) is 0 Å².